The molecule has 0 spiro atoms. The van der Waals surface area contributed by atoms with Crippen LogP contribution in [0.25, 0.3) is 0 Å². The fraction of sp³-hybridized carbons (Fsp3) is 0.600. The number of alkyl carbamates (subject to hydrolysis) is 1. The molecule has 20 heavy (non-hydrogen) atoms. The van der Waals surface area contributed by atoms with Crippen molar-refractivity contribution in [2.75, 3.05) is 6.61 Å². The van der Waals surface area contributed by atoms with Gasteiger partial charge in [0, 0.05) is 11.6 Å². The fourth-order valence-electron chi connectivity index (χ4n) is 1.53. The number of nitrogens with one attached hydrogen (secondary N) is 1. The van der Waals surface area contributed by atoms with Crippen molar-refractivity contribution in [1.29, 1.82) is 0 Å². The Morgan fingerprint density at radius 2 is 2.05 bits per heavy atom. The first-order valence-corrected chi connectivity index (χ1v) is 6.58. The highest BCUT2D eigenvalue weighted by atomic mass is 16.5. The summed E-state index contributed by atoms with van der Waals surface area (Å²) in [5.41, 5.74) is -0.370. The number of ether oxygens (including phenoxy) is 2. The molecule has 5 nitrogen and oxygen atoms in total. The van der Waals surface area contributed by atoms with Crippen molar-refractivity contribution in [3.63, 3.8) is 0 Å². The maximum absolute atomic E-state index is 11.6. The van der Waals surface area contributed by atoms with Crippen molar-refractivity contribution in [3.8, 4) is 0 Å². The Labute approximate surface area is 120 Å². The van der Waals surface area contributed by atoms with E-state index in [1.54, 1.807) is 19.9 Å². The van der Waals surface area contributed by atoms with Crippen molar-refractivity contribution < 1.29 is 19.1 Å². The van der Waals surface area contributed by atoms with E-state index in [0.717, 1.165) is 5.57 Å². The molecule has 0 aromatic carbocycles. The molecule has 0 aromatic rings. The van der Waals surface area contributed by atoms with Crippen LogP contribution in [0.1, 0.15) is 41.5 Å². The van der Waals surface area contributed by atoms with Crippen molar-refractivity contribution >= 4 is 11.9 Å². The predicted molar refractivity (Wildman–Crippen MR) is 76.2 cm³/mol. The Bertz CT molecular complexity index is 467. The molecule has 1 aliphatic rings. The first-order valence-electron chi connectivity index (χ1n) is 6.58. The van der Waals surface area contributed by atoms with Gasteiger partial charge in [0.15, 0.2) is 5.60 Å². The van der Waals surface area contributed by atoms with Crippen LogP contribution in [-0.4, -0.2) is 29.6 Å². The van der Waals surface area contributed by atoms with Crippen LogP contribution in [0.5, 0.6) is 0 Å². The molecule has 0 aromatic heterocycles. The second-order valence-electron chi connectivity index (χ2n) is 6.35. The molecule has 0 radical (unpaired) electrons. The number of rotatable bonds is 3. The minimum absolute atomic E-state index is 0.0633. The van der Waals surface area contributed by atoms with Gasteiger partial charge in [-0.25, -0.2) is 4.79 Å². The van der Waals surface area contributed by atoms with Gasteiger partial charge in [0.05, 0.1) is 0 Å². The van der Waals surface area contributed by atoms with E-state index in [4.69, 9.17) is 9.47 Å². The number of hydrogen-bond acceptors (Lipinski definition) is 4. The van der Waals surface area contributed by atoms with Gasteiger partial charge in [-0.1, -0.05) is 0 Å². The van der Waals surface area contributed by atoms with Gasteiger partial charge in [-0.3, -0.25) is 4.79 Å². The molecule has 0 fully saturated rings. The van der Waals surface area contributed by atoms with E-state index < -0.39 is 11.7 Å². The summed E-state index contributed by atoms with van der Waals surface area (Å²) in [4.78, 5) is 23.1. The number of carbonyl (C=O) groups excluding carboxylic acids is 2. The predicted octanol–water partition coefficient (Wildman–Crippen LogP) is 2.72. The van der Waals surface area contributed by atoms with Crippen molar-refractivity contribution in [2.24, 2.45) is 0 Å². The van der Waals surface area contributed by atoms with Crippen LogP contribution in [0.3, 0.4) is 0 Å². The SMILES string of the molecule is C/C(=C\COC(=O)NC(C)(C)C)C1=CC(=O)C(C)(C)O1. The maximum atomic E-state index is 11.6. The minimum atomic E-state index is -0.811. The third-order valence-electron chi connectivity index (χ3n) is 2.69. The van der Waals surface area contributed by atoms with Gasteiger partial charge >= 0.3 is 6.09 Å². The quantitative estimate of drug-likeness (QED) is 0.864. The molecule has 112 valence electrons. The number of allylic oxidation sites excluding steroid dienone is 1. The summed E-state index contributed by atoms with van der Waals surface area (Å²) in [5.74, 6) is 0.464. The van der Waals surface area contributed by atoms with Crippen LogP contribution >= 0.6 is 0 Å². The second kappa shape index (κ2) is 5.69. The number of amides is 1. The average molecular weight is 281 g/mol. The number of ketones is 1. The molecule has 1 amide bonds. The smallest absolute Gasteiger partial charge is 0.407 e. The zero-order chi connectivity index (χ0) is 15.6. The topological polar surface area (TPSA) is 64.6 Å². The summed E-state index contributed by atoms with van der Waals surface area (Å²) in [6, 6.07) is 0. The molecule has 0 unspecified atom stereocenters. The van der Waals surface area contributed by atoms with Crippen molar-refractivity contribution in [1.82, 2.24) is 5.32 Å². The molecule has 5 heteroatoms. The zero-order valence-electron chi connectivity index (χ0n) is 13.0. The first kappa shape index (κ1) is 16.3. The van der Waals surface area contributed by atoms with Gasteiger partial charge in [-0.15, -0.1) is 0 Å². The third-order valence-corrected chi connectivity index (χ3v) is 2.69. The van der Waals surface area contributed by atoms with Crippen LogP contribution in [0, 0.1) is 0 Å². The van der Waals surface area contributed by atoms with Gasteiger partial charge in [-0.05, 0) is 53.2 Å². The molecule has 0 saturated heterocycles. The molecule has 0 saturated carbocycles. The Morgan fingerprint density at radius 3 is 2.50 bits per heavy atom. The Balaban J connectivity index is 2.50. The fourth-order valence-corrected chi connectivity index (χ4v) is 1.53. The van der Waals surface area contributed by atoms with E-state index in [1.165, 1.54) is 6.08 Å². The summed E-state index contributed by atoms with van der Waals surface area (Å²) in [7, 11) is 0. The summed E-state index contributed by atoms with van der Waals surface area (Å²) >= 11 is 0. The van der Waals surface area contributed by atoms with Gasteiger partial charge in [0.1, 0.15) is 12.4 Å². The van der Waals surface area contributed by atoms with Crippen LogP contribution in [0.15, 0.2) is 23.5 Å². The van der Waals surface area contributed by atoms with E-state index in [-0.39, 0.29) is 17.9 Å². The lowest BCUT2D eigenvalue weighted by Crippen LogP contribution is -2.40. The Morgan fingerprint density at radius 1 is 1.45 bits per heavy atom. The van der Waals surface area contributed by atoms with Gasteiger partial charge in [0.2, 0.25) is 5.78 Å². The van der Waals surface area contributed by atoms with Crippen molar-refractivity contribution in [2.45, 2.75) is 52.7 Å². The standard InChI is InChI=1S/C15H23NO4/c1-10(11-9-12(17)15(5,6)20-11)7-8-19-13(18)16-14(2,3)4/h7,9H,8H2,1-6H3,(H,16,18)/b10-7+. The average Bonchev–Trinajstić information content (AvgIpc) is 2.50. The van der Waals surface area contributed by atoms with E-state index >= 15 is 0 Å². The van der Waals surface area contributed by atoms with Gasteiger partial charge in [0.25, 0.3) is 0 Å². The maximum Gasteiger partial charge on any atom is 0.407 e. The summed E-state index contributed by atoms with van der Waals surface area (Å²) < 4.78 is 10.6. The monoisotopic (exact) mass is 281 g/mol. The summed E-state index contributed by atoms with van der Waals surface area (Å²) in [5, 5.41) is 2.69. The van der Waals surface area contributed by atoms with Gasteiger partial charge < -0.3 is 14.8 Å². The van der Waals surface area contributed by atoms with Crippen LogP contribution < -0.4 is 5.32 Å². The normalized spacial score (nSPS) is 18.4. The van der Waals surface area contributed by atoms with E-state index in [9.17, 15) is 9.59 Å². The van der Waals surface area contributed by atoms with Gasteiger partial charge in [-0.2, -0.15) is 0 Å². The highest BCUT2D eigenvalue weighted by Crippen LogP contribution is 2.28. The molecule has 1 rings (SSSR count). The molecule has 0 aliphatic carbocycles. The highest BCUT2D eigenvalue weighted by molar-refractivity contribution is 5.99. The molecule has 1 heterocycles. The third kappa shape index (κ3) is 4.72. The summed E-state index contributed by atoms with van der Waals surface area (Å²) in [6.07, 6.45) is 2.71. The largest absolute Gasteiger partial charge is 0.479 e. The van der Waals surface area contributed by atoms with E-state index in [0.29, 0.717) is 5.76 Å². The molecule has 1 N–H and O–H groups in total. The Hall–Kier alpha value is -1.78. The molecule has 1 aliphatic heterocycles. The summed E-state index contributed by atoms with van der Waals surface area (Å²) in [6.45, 7) is 11.0. The van der Waals surface area contributed by atoms with Crippen LogP contribution in [0.2, 0.25) is 0 Å². The first-order chi connectivity index (χ1) is 9.01. The van der Waals surface area contributed by atoms with Crippen LogP contribution in [0.4, 0.5) is 4.79 Å². The van der Waals surface area contributed by atoms with E-state index in [1.807, 2.05) is 27.7 Å². The molecule has 0 bridgehead atoms. The lowest BCUT2D eigenvalue weighted by atomic mass is 10.1. The number of hydrogen-bond donors (Lipinski definition) is 1. The second-order valence-corrected chi connectivity index (χ2v) is 6.35. The zero-order valence-corrected chi connectivity index (χ0v) is 13.0. The lowest BCUT2D eigenvalue weighted by molar-refractivity contribution is -0.126. The van der Waals surface area contributed by atoms with Crippen molar-refractivity contribution in [3.05, 3.63) is 23.5 Å². The molecular formula is C15H23NO4. The lowest BCUT2D eigenvalue weighted by Gasteiger charge is -2.20. The Kier molecular flexibility index (Phi) is 4.63. The highest BCUT2D eigenvalue weighted by Gasteiger charge is 2.35. The molecule has 0 atom stereocenters. The number of carbonyl (C=O) groups is 2. The minimum Gasteiger partial charge on any atom is -0.479 e. The molecular weight excluding hydrogens is 258 g/mol. The van der Waals surface area contributed by atoms with Crippen LogP contribution in [-0.2, 0) is 14.3 Å². The van der Waals surface area contributed by atoms with E-state index in [2.05, 4.69) is 5.32 Å².